The van der Waals surface area contributed by atoms with E-state index in [2.05, 4.69) is 12.2 Å². The zero-order chi connectivity index (χ0) is 14.4. The van der Waals surface area contributed by atoms with Gasteiger partial charge in [0.25, 0.3) is 5.91 Å². The summed E-state index contributed by atoms with van der Waals surface area (Å²) in [7, 11) is 0. The zero-order valence-corrected chi connectivity index (χ0v) is 12.7. The van der Waals surface area contributed by atoms with Gasteiger partial charge in [-0.05, 0) is 24.1 Å². The molecule has 0 aliphatic carbocycles. The summed E-state index contributed by atoms with van der Waals surface area (Å²) in [5.41, 5.74) is 1.78. The predicted molar refractivity (Wildman–Crippen MR) is 82.5 cm³/mol. The van der Waals surface area contributed by atoms with E-state index in [-0.39, 0.29) is 17.9 Å². The maximum Gasteiger partial charge on any atom is 0.262 e. The van der Waals surface area contributed by atoms with E-state index in [9.17, 15) is 4.79 Å². The van der Waals surface area contributed by atoms with Gasteiger partial charge in [-0.25, -0.2) is 0 Å². The van der Waals surface area contributed by atoms with Crippen molar-refractivity contribution < 1.29 is 9.53 Å². The van der Waals surface area contributed by atoms with Crippen LogP contribution in [-0.4, -0.2) is 12.5 Å². The van der Waals surface area contributed by atoms with Crippen LogP contribution in [0.3, 0.4) is 0 Å². The highest BCUT2D eigenvalue weighted by Gasteiger charge is 2.17. The van der Waals surface area contributed by atoms with E-state index in [1.165, 1.54) is 25.7 Å². The van der Waals surface area contributed by atoms with Crippen LogP contribution in [0.1, 0.15) is 56.4 Å². The second-order valence-electron chi connectivity index (χ2n) is 5.26. The molecule has 0 radical (unpaired) electrons. The maximum absolute atomic E-state index is 11.3. The largest absolute Gasteiger partial charge is 0.482 e. The number of hydrogen-bond donors (Lipinski definition) is 1. The molecule has 2 rings (SSSR count). The number of carbonyl (C=O) groups is 1. The van der Waals surface area contributed by atoms with Gasteiger partial charge in [0.2, 0.25) is 0 Å². The lowest BCUT2D eigenvalue weighted by Crippen LogP contribution is -2.25. The highest BCUT2D eigenvalue weighted by atomic mass is 35.5. The Hall–Kier alpha value is -1.22. The Morgan fingerprint density at radius 1 is 1.30 bits per heavy atom. The van der Waals surface area contributed by atoms with E-state index < -0.39 is 0 Å². The van der Waals surface area contributed by atoms with E-state index in [1.54, 1.807) is 0 Å². The third-order valence-electron chi connectivity index (χ3n) is 3.56. The summed E-state index contributed by atoms with van der Waals surface area (Å²) in [4.78, 5) is 11.3. The number of rotatable bonds is 7. The average Bonchev–Trinajstić information content (AvgIpc) is 2.46. The first kappa shape index (κ1) is 15.2. The van der Waals surface area contributed by atoms with Crippen LogP contribution in [0.15, 0.2) is 18.2 Å². The summed E-state index contributed by atoms with van der Waals surface area (Å²) < 4.78 is 5.34. The fourth-order valence-corrected chi connectivity index (χ4v) is 2.68. The number of anilines is 1. The molecule has 1 amide bonds. The van der Waals surface area contributed by atoms with Crippen molar-refractivity contribution in [3.63, 3.8) is 0 Å². The summed E-state index contributed by atoms with van der Waals surface area (Å²) in [6.07, 6.45) is 7.20. The third-order valence-corrected chi connectivity index (χ3v) is 4.03. The molecule has 1 N–H and O–H groups in total. The predicted octanol–water partition coefficient (Wildman–Crippen LogP) is 4.66. The number of fused-ring (bicyclic) bond motifs is 1. The van der Waals surface area contributed by atoms with Crippen LogP contribution >= 0.6 is 11.6 Å². The van der Waals surface area contributed by atoms with Crippen LogP contribution in [0.2, 0.25) is 0 Å². The molecule has 0 bridgehead atoms. The van der Waals surface area contributed by atoms with E-state index in [4.69, 9.17) is 16.3 Å². The van der Waals surface area contributed by atoms with Crippen LogP contribution < -0.4 is 10.1 Å². The number of alkyl halides is 1. The Morgan fingerprint density at radius 2 is 2.10 bits per heavy atom. The number of hydrogen-bond acceptors (Lipinski definition) is 2. The minimum absolute atomic E-state index is 0.000699. The molecule has 1 unspecified atom stereocenters. The summed E-state index contributed by atoms with van der Waals surface area (Å²) in [5.74, 6) is 0.612. The van der Waals surface area contributed by atoms with Gasteiger partial charge in [0.1, 0.15) is 5.75 Å². The molecule has 1 aromatic carbocycles. The van der Waals surface area contributed by atoms with Crippen LogP contribution in [0, 0.1) is 0 Å². The number of benzene rings is 1. The SMILES string of the molecule is CCCCCCCC(Cl)c1ccc2c(c1)NC(=O)CO2. The van der Waals surface area contributed by atoms with Gasteiger partial charge in [0.15, 0.2) is 6.61 Å². The molecular formula is C16H22ClNO2. The lowest BCUT2D eigenvalue weighted by molar-refractivity contribution is -0.118. The van der Waals surface area contributed by atoms with E-state index in [1.807, 2.05) is 18.2 Å². The number of nitrogens with one attached hydrogen (secondary N) is 1. The Balaban J connectivity index is 1.88. The second-order valence-corrected chi connectivity index (χ2v) is 5.79. The van der Waals surface area contributed by atoms with Gasteiger partial charge >= 0.3 is 0 Å². The normalized spacial score (nSPS) is 15.2. The van der Waals surface area contributed by atoms with Crippen molar-refractivity contribution in [2.45, 2.75) is 50.8 Å². The zero-order valence-electron chi connectivity index (χ0n) is 12.0. The monoisotopic (exact) mass is 295 g/mol. The molecule has 1 aliphatic heterocycles. The number of unbranched alkanes of at least 4 members (excludes halogenated alkanes) is 4. The van der Waals surface area contributed by atoms with E-state index in [0.717, 1.165) is 29.8 Å². The van der Waals surface area contributed by atoms with Gasteiger partial charge in [0.05, 0.1) is 11.1 Å². The van der Waals surface area contributed by atoms with Gasteiger partial charge in [0, 0.05) is 0 Å². The van der Waals surface area contributed by atoms with Crippen LogP contribution in [0.5, 0.6) is 5.75 Å². The van der Waals surface area contributed by atoms with E-state index in [0.29, 0.717) is 0 Å². The fraction of sp³-hybridized carbons (Fsp3) is 0.562. The number of amides is 1. The van der Waals surface area contributed by atoms with Gasteiger partial charge in [-0.3, -0.25) is 4.79 Å². The summed E-state index contributed by atoms with van der Waals surface area (Å²) in [5, 5.41) is 2.82. The van der Waals surface area contributed by atoms with Crippen molar-refractivity contribution in [3.05, 3.63) is 23.8 Å². The van der Waals surface area contributed by atoms with Gasteiger partial charge in [-0.1, -0.05) is 45.1 Å². The second kappa shape index (κ2) is 7.53. The lowest BCUT2D eigenvalue weighted by Gasteiger charge is -2.19. The Bertz CT molecular complexity index is 462. The smallest absolute Gasteiger partial charge is 0.262 e. The van der Waals surface area contributed by atoms with E-state index >= 15 is 0 Å². The minimum atomic E-state index is -0.111. The molecule has 0 fully saturated rings. The Labute approximate surface area is 125 Å². The third kappa shape index (κ3) is 4.14. The van der Waals surface area contributed by atoms with Crippen molar-refractivity contribution in [2.24, 2.45) is 0 Å². The standard InChI is InChI=1S/C16H22ClNO2/c1-2-3-4-5-6-7-13(17)12-8-9-15-14(10-12)18-16(19)11-20-15/h8-10,13H,2-7,11H2,1H3,(H,18,19). The molecule has 1 heterocycles. The average molecular weight is 296 g/mol. The van der Waals surface area contributed by atoms with Crippen molar-refractivity contribution in [2.75, 3.05) is 11.9 Å². The van der Waals surface area contributed by atoms with Crippen LogP contribution in [-0.2, 0) is 4.79 Å². The molecule has 0 saturated carbocycles. The molecule has 0 spiro atoms. The highest BCUT2D eigenvalue weighted by Crippen LogP contribution is 2.34. The molecule has 20 heavy (non-hydrogen) atoms. The Kier molecular flexibility index (Phi) is 5.72. The first-order valence-electron chi connectivity index (χ1n) is 7.41. The highest BCUT2D eigenvalue weighted by molar-refractivity contribution is 6.20. The van der Waals surface area contributed by atoms with Crippen molar-refractivity contribution in [1.29, 1.82) is 0 Å². The topological polar surface area (TPSA) is 38.3 Å². The molecule has 0 saturated heterocycles. The van der Waals surface area contributed by atoms with Crippen molar-refractivity contribution in [1.82, 2.24) is 0 Å². The van der Waals surface area contributed by atoms with Crippen molar-refractivity contribution >= 4 is 23.2 Å². The molecule has 110 valence electrons. The van der Waals surface area contributed by atoms with Gasteiger partial charge < -0.3 is 10.1 Å². The lowest BCUT2D eigenvalue weighted by atomic mass is 10.0. The van der Waals surface area contributed by atoms with Gasteiger partial charge in [-0.15, -0.1) is 11.6 Å². The minimum Gasteiger partial charge on any atom is -0.482 e. The fourth-order valence-electron chi connectivity index (χ4n) is 2.39. The summed E-state index contributed by atoms with van der Waals surface area (Å²) >= 11 is 6.44. The van der Waals surface area contributed by atoms with Crippen LogP contribution in [0.25, 0.3) is 0 Å². The summed E-state index contributed by atoms with van der Waals surface area (Å²) in [6.45, 7) is 2.31. The summed E-state index contributed by atoms with van der Waals surface area (Å²) in [6, 6.07) is 5.80. The van der Waals surface area contributed by atoms with Crippen LogP contribution in [0.4, 0.5) is 5.69 Å². The van der Waals surface area contributed by atoms with Crippen molar-refractivity contribution in [3.8, 4) is 5.75 Å². The first-order valence-corrected chi connectivity index (χ1v) is 7.85. The molecule has 0 aromatic heterocycles. The molecule has 3 nitrogen and oxygen atoms in total. The van der Waals surface area contributed by atoms with Gasteiger partial charge in [-0.2, -0.15) is 0 Å². The quantitative estimate of drug-likeness (QED) is 0.587. The molecule has 1 aliphatic rings. The number of halogens is 1. The molecule has 1 aromatic rings. The molecule has 1 atom stereocenters. The number of ether oxygens (including phenoxy) is 1. The number of carbonyl (C=O) groups excluding carboxylic acids is 1. The molecular weight excluding hydrogens is 274 g/mol. The Morgan fingerprint density at radius 3 is 2.90 bits per heavy atom. The maximum atomic E-state index is 11.3. The first-order chi connectivity index (χ1) is 9.70. The molecule has 4 heteroatoms.